The van der Waals surface area contributed by atoms with Crippen LogP contribution in [0.25, 0.3) is 11.1 Å². The molecule has 2 aromatic rings. The van der Waals surface area contributed by atoms with E-state index in [0.717, 1.165) is 34.2 Å². The highest BCUT2D eigenvalue weighted by atomic mass is 32.2. The number of carboxylic acids is 1. The summed E-state index contributed by atoms with van der Waals surface area (Å²) in [5.74, 6) is -0.589. The first-order valence-electron chi connectivity index (χ1n) is 8.10. The van der Waals surface area contributed by atoms with Gasteiger partial charge in [-0.25, -0.2) is 0 Å². The summed E-state index contributed by atoms with van der Waals surface area (Å²) in [6.45, 7) is 0. The minimum absolute atomic E-state index is 0.245. The first-order chi connectivity index (χ1) is 13.0. The van der Waals surface area contributed by atoms with Crippen molar-refractivity contribution >= 4 is 35.0 Å². The molecular formula is C19H17N3O4S. The van der Waals surface area contributed by atoms with Gasteiger partial charge in [-0.2, -0.15) is 5.10 Å². The maximum atomic E-state index is 11.6. The molecule has 1 saturated heterocycles. The zero-order valence-electron chi connectivity index (χ0n) is 14.5. The van der Waals surface area contributed by atoms with Gasteiger partial charge in [0.1, 0.15) is 11.0 Å². The van der Waals surface area contributed by atoms with E-state index < -0.39 is 11.2 Å². The van der Waals surface area contributed by atoms with E-state index in [9.17, 15) is 9.59 Å². The number of carbonyl (C=O) groups is 2. The number of thioether (sulfide) groups is 1. The maximum absolute atomic E-state index is 11.6. The quantitative estimate of drug-likeness (QED) is 0.590. The van der Waals surface area contributed by atoms with Crippen LogP contribution in [0.3, 0.4) is 0 Å². The molecule has 1 heterocycles. The van der Waals surface area contributed by atoms with Crippen LogP contribution in [0.4, 0.5) is 0 Å². The Labute approximate surface area is 160 Å². The van der Waals surface area contributed by atoms with Gasteiger partial charge in [0.05, 0.1) is 19.7 Å². The highest BCUT2D eigenvalue weighted by molar-refractivity contribution is 8.15. The normalized spacial score (nSPS) is 18.0. The fraction of sp³-hybridized carbons (Fsp3) is 0.158. The zero-order valence-corrected chi connectivity index (χ0v) is 15.3. The highest BCUT2D eigenvalue weighted by Crippen LogP contribution is 2.24. The Morgan fingerprint density at radius 1 is 1.26 bits per heavy atom. The summed E-state index contributed by atoms with van der Waals surface area (Å²) in [5.41, 5.74) is 2.95. The van der Waals surface area contributed by atoms with Gasteiger partial charge in [0, 0.05) is 0 Å². The average Bonchev–Trinajstić information content (AvgIpc) is 3.01. The van der Waals surface area contributed by atoms with Crippen molar-refractivity contribution in [3.63, 3.8) is 0 Å². The molecule has 3 rings (SSSR count). The topological polar surface area (TPSA) is 100 Å². The van der Waals surface area contributed by atoms with E-state index in [1.54, 1.807) is 13.3 Å². The molecule has 0 aliphatic carbocycles. The monoisotopic (exact) mass is 383 g/mol. The lowest BCUT2D eigenvalue weighted by Crippen LogP contribution is -2.26. The fourth-order valence-corrected chi connectivity index (χ4v) is 3.37. The van der Waals surface area contributed by atoms with E-state index in [1.807, 2.05) is 48.5 Å². The minimum atomic E-state index is -1.02. The second-order valence-electron chi connectivity index (χ2n) is 5.70. The van der Waals surface area contributed by atoms with Gasteiger partial charge >= 0.3 is 5.97 Å². The molecule has 1 aliphatic heterocycles. The Bertz CT molecular complexity index is 909. The lowest BCUT2D eigenvalue weighted by Gasteiger charge is -2.05. The largest absolute Gasteiger partial charge is 0.497 e. The number of methoxy groups -OCH3 is 1. The molecule has 27 heavy (non-hydrogen) atoms. The van der Waals surface area contributed by atoms with Gasteiger partial charge in [-0.15, -0.1) is 5.10 Å². The second-order valence-corrected chi connectivity index (χ2v) is 6.89. The van der Waals surface area contributed by atoms with Crippen molar-refractivity contribution < 1.29 is 19.4 Å². The molecule has 7 nitrogen and oxygen atoms in total. The molecule has 0 spiro atoms. The number of ether oxygens (including phenoxy) is 1. The molecule has 0 aromatic heterocycles. The van der Waals surface area contributed by atoms with Gasteiger partial charge < -0.3 is 15.2 Å². The number of hydrogen-bond acceptors (Lipinski definition) is 6. The van der Waals surface area contributed by atoms with Crippen LogP contribution in [0.1, 0.15) is 12.0 Å². The molecule has 1 aliphatic rings. The molecule has 1 atom stereocenters. The van der Waals surface area contributed by atoms with Crippen LogP contribution in [-0.4, -0.2) is 40.7 Å². The fourth-order valence-electron chi connectivity index (χ4n) is 2.46. The summed E-state index contributed by atoms with van der Waals surface area (Å²) in [6.07, 6.45) is 1.32. The van der Waals surface area contributed by atoms with Crippen molar-refractivity contribution in [1.82, 2.24) is 5.32 Å². The molecule has 2 aromatic carbocycles. The van der Waals surface area contributed by atoms with E-state index in [1.165, 1.54) is 0 Å². The van der Waals surface area contributed by atoms with Crippen molar-refractivity contribution in [1.29, 1.82) is 0 Å². The summed E-state index contributed by atoms with van der Waals surface area (Å²) >= 11 is 1.07. The van der Waals surface area contributed by atoms with Gasteiger partial charge in [-0.3, -0.25) is 9.59 Å². The third-order valence-corrected chi connectivity index (χ3v) is 4.88. The van der Waals surface area contributed by atoms with Crippen LogP contribution in [-0.2, 0) is 9.59 Å². The Hall–Kier alpha value is -3.13. The van der Waals surface area contributed by atoms with Crippen LogP contribution < -0.4 is 10.1 Å². The second kappa shape index (κ2) is 8.50. The Morgan fingerprint density at radius 2 is 2.04 bits per heavy atom. The van der Waals surface area contributed by atoms with Gasteiger partial charge in [-0.05, 0) is 28.8 Å². The number of hydrogen-bond donors (Lipinski definition) is 2. The van der Waals surface area contributed by atoms with E-state index >= 15 is 0 Å². The first kappa shape index (κ1) is 18.7. The van der Waals surface area contributed by atoms with E-state index in [0.29, 0.717) is 5.17 Å². The summed E-state index contributed by atoms with van der Waals surface area (Å²) in [5, 5.41) is 18.8. The van der Waals surface area contributed by atoms with Gasteiger partial charge in [0.15, 0.2) is 5.17 Å². The predicted molar refractivity (Wildman–Crippen MR) is 105 cm³/mol. The van der Waals surface area contributed by atoms with Crippen LogP contribution in [0.15, 0.2) is 58.7 Å². The molecular weight excluding hydrogens is 366 g/mol. The Kier molecular flexibility index (Phi) is 5.87. The number of rotatable bonds is 6. The molecule has 0 bridgehead atoms. The lowest BCUT2D eigenvalue weighted by molar-refractivity contribution is -0.138. The van der Waals surface area contributed by atoms with E-state index in [4.69, 9.17) is 9.84 Å². The number of amidine groups is 1. The zero-order chi connectivity index (χ0) is 19.2. The summed E-state index contributed by atoms with van der Waals surface area (Å²) in [6, 6.07) is 15.6. The molecule has 0 saturated carbocycles. The van der Waals surface area contributed by atoms with Gasteiger partial charge in [-0.1, -0.05) is 48.2 Å². The number of carboxylic acid groups (broad SMARTS) is 1. The number of amides is 1. The minimum Gasteiger partial charge on any atom is -0.497 e. The Morgan fingerprint density at radius 3 is 2.74 bits per heavy atom. The van der Waals surface area contributed by atoms with E-state index in [-0.39, 0.29) is 12.3 Å². The van der Waals surface area contributed by atoms with Crippen molar-refractivity contribution in [2.45, 2.75) is 11.7 Å². The number of carbonyl (C=O) groups excluding carboxylic acids is 1. The molecule has 1 unspecified atom stereocenters. The molecule has 1 amide bonds. The molecule has 2 N–H and O–H groups in total. The lowest BCUT2D eigenvalue weighted by atomic mass is 10.0. The van der Waals surface area contributed by atoms with Crippen LogP contribution in [0.2, 0.25) is 0 Å². The summed E-state index contributed by atoms with van der Waals surface area (Å²) in [7, 11) is 1.63. The Balaban J connectivity index is 1.64. The van der Waals surface area contributed by atoms with Crippen LogP contribution >= 0.6 is 11.8 Å². The third-order valence-electron chi connectivity index (χ3n) is 3.81. The van der Waals surface area contributed by atoms with Crippen LogP contribution in [0, 0.1) is 0 Å². The highest BCUT2D eigenvalue weighted by Gasteiger charge is 2.32. The van der Waals surface area contributed by atoms with Crippen LogP contribution in [0.5, 0.6) is 5.75 Å². The number of nitrogens with zero attached hydrogens (tertiary/aromatic N) is 2. The standard InChI is InChI=1S/C19H17N3O4S/c1-26-15-4-2-3-14(9-15)13-7-5-12(6-8-13)11-20-22-19-21-18(25)16(27-19)10-17(23)24/h2-9,11,16H,10H2,1H3,(H,23,24)(H,21,22,25). The summed E-state index contributed by atoms with van der Waals surface area (Å²) < 4.78 is 5.24. The average molecular weight is 383 g/mol. The maximum Gasteiger partial charge on any atom is 0.305 e. The smallest absolute Gasteiger partial charge is 0.305 e. The molecule has 138 valence electrons. The predicted octanol–water partition coefficient (Wildman–Crippen LogP) is 2.76. The van der Waals surface area contributed by atoms with Crippen molar-refractivity contribution in [2.24, 2.45) is 10.2 Å². The molecule has 0 radical (unpaired) electrons. The van der Waals surface area contributed by atoms with Crippen molar-refractivity contribution in [3.8, 4) is 16.9 Å². The number of nitrogens with one attached hydrogen (secondary N) is 1. The molecule has 1 fully saturated rings. The number of benzene rings is 2. The SMILES string of the molecule is COc1cccc(-c2ccc(C=NN=C3NC(=O)C(CC(=O)O)S3)cc2)c1. The third kappa shape index (κ3) is 4.95. The summed E-state index contributed by atoms with van der Waals surface area (Å²) in [4.78, 5) is 22.3. The van der Waals surface area contributed by atoms with Gasteiger partial charge in [0.2, 0.25) is 5.91 Å². The van der Waals surface area contributed by atoms with Crippen molar-refractivity contribution in [3.05, 3.63) is 54.1 Å². The number of aliphatic carboxylic acids is 1. The van der Waals surface area contributed by atoms with Crippen molar-refractivity contribution in [2.75, 3.05) is 7.11 Å². The van der Waals surface area contributed by atoms with E-state index in [2.05, 4.69) is 15.5 Å². The van der Waals surface area contributed by atoms with Gasteiger partial charge in [0.25, 0.3) is 0 Å². The molecule has 8 heteroatoms. The first-order valence-corrected chi connectivity index (χ1v) is 8.98.